The van der Waals surface area contributed by atoms with Crippen molar-refractivity contribution in [1.82, 2.24) is 15.5 Å². The van der Waals surface area contributed by atoms with Gasteiger partial charge in [0.15, 0.2) is 6.10 Å². The molecule has 0 unspecified atom stereocenters. The van der Waals surface area contributed by atoms with Gasteiger partial charge in [-0.05, 0) is 36.8 Å². The summed E-state index contributed by atoms with van der Waals surface area (Å²) in [7, 11) is 0. The van der Waals surface area contributed by atoms with Crippen molar-refractivity contribution in [3.8, 4) is 17.5 Å². The van der Waals surface area contributed by atoms with E-state index in [1.54, 1.807) is 6.07 Å². The first-order valence-corrected chi connectivity index (χ1v) is 11.2. The highest BCUT2D eigenvalue weighted by Crippen LogP contribution is 2.28. The van der Waals surface area contributed by atoms with Crippen LogP contribution in [0.25, 0.3) is 11.5 Å². The number of hydrogen-bond acceptors (Lipinski definition) is 7. The highest BCUT2D eigenvalue weighted by molar-refractivity contribution is 6.02. The Morgan fingerprint density at radius 1 is 1.24 bits per heavy atom. The Kier molecular flexibility index (Phi) is 9.34. The average molecular weight is 453 g/mol. The Labute approximate surface area is 195 Å². The Bertz CT molecular complexity index is 991. The summed E-state index contributed by atoms with van der Waals surface area (Å²) in [4.78, 5) is 25.2. The topological polar surface area (TPSA) is 118 Å². The predicted octanol–water partition coefficient (Wildman–Crippen LogP) is 5.02. The Morgan fingerprint density at radius 3 is 2.55 bits per heavy atom. The van der Waals surface area contributed by atoms with Crippen LogP contribution in [0.15, 0.2) is 46.9 Å². The van der Waals surface area contributed by atoms with Crippen molar-refractivity contribution in [2.24, 2.45) is 5.41 Å². The molecule has 1 aromatic carbocycles. The lowest BCUT2D eigenvalue weighted by Gasteiger charge is -2.33. The van der Waals surface area contributed by atoms with Crippen molar-refractivity contribution in [2.75, 3.05) is 0 Å². The number of carbonyl (C=O) groups is 2. The SMILES string of the molecule is C=C(C#N)C(=O)[C@H](CCCC)OC(=O)N[C@@H](Cc1nnc(-c2ccccc2)o1)C(C)(C)CC. The minimum Gasteiger partial charge on any atom is -0.438 e. The molecule has 33 heavy (non-hydrogen) atoms. The fourth-order valence-electron chi connectivity index (χ4n) is 3.17. The largest absolute Gasteiger partial charge is 0.438 e. The smallest absolute Gasteiger partial charge is 0.408 e. The first kappa shape index (κ1) is 25.8. The van der Waals surface area contributed by atoms with Crippen molar-refractivity contribution < 1.29 is 18.7 Å². The van der Waals surface area contributed by atoms with Gasteiger partial charge in [0.25, 0.3) is 0 Å². The molecule has 0 saturated carbocycles. The van der Waals surface area contributed by atoms with Crippen LogP contribution in [0.4, 0.5) is 4.79 Å². The number of ketones is 1. The summed E-state index contributed by atoms with van der Waals surface area (Å²) in [6.45, 7) is 11.5. The van der Waals surface area contributed by atoms with Crippen LogP contribution in [0.5, 0.6) is 0 Å². The number of alkyl carbamates (subject to hydrolysis) is 1. The summed E-state index contributed by atoms with van der Waals surface area (Å²) in [5, 5.41) is 20.1. The maximum atomic E-state index is 12.8. The third-order valence-corrected chi connectivity index (χ3v) is 5.81. The van der Waals surface area contributed by atoms with E-state index in [9.17, 15) is 9.59 Å². The summed E-state index contributed by atoms with van der Waals surface area (Å²) in [6.07, 6.45) is 1.11. The molecule has 0 radical (unpaired) electrons. The monoisotopic (exact) mass is 452 g/mol. The number of aromatic nitrogens is 2. The summed E-state index contributed by atoms with van der Waals surface area (Å²) >= 11 is 0. The quantitative estimate of drug-likeness (QED) is 0.355. The summed E-state index contributed by atoms with van der Waals surface area (Å²) in [5.41, 5.74) is 0.262. The lowest BCUT2D eigenvalue weighted by molar-refractivity contribution is -0.123. The standard InChI is InChI=1S/C25H32N4O4/c1-6-8-14-19(22(30)17(3)16-26)32-24(31)27-20(25(4,5)7-2)15-21-28-29-23(33-21)18-12-10-9-11-13-18/h9-13,19-20H,3,6-8,14-15H2,1-2,4-5H3,(H,27,31)/t19-,20-/m0/s1. The highest BCUT2D eigenvalue weighted by Gasteiger charge is 2.33. The van der Waals surface area contributed by atoms with E-state index in [1.807, 2.05) is 58.0 Å². The first-order chi connectivity index (χ1) is 15.7. The Hall–Kier alpha value is -3.47. The van der Waals surface area contributed by atoms with Crippen LogP contribution in [0.3, 0.4) is 0 Å². The maximum absolute atomic E-state index is 12.8. The van der Waals surface area contributed by atoms with Crippen LogP contribution < -0.4 is 5.32 Å². The fraction of sp³-hybridized carbons (Fsp3) is 0.480. The van der Waals surface area contributed by atoms with E-state index in [4.69, 9.17) is 14.4 Å². The minimum absolute atomic E-state index is 0.228. The molecule has 0 spiro atoms. The molecule has 8 heteroatoms. The van der Waals surface area contributed by atoms with Crippen molar-refractivity contribution in [2.45, 2.75) is 71.9 Å². The normalized spacial score (nSPS) is 12.9. The zero-order valence-electron chi connectivity index (χ0n) is 19.8. The van der Waals surface area contributed by atoms with Crippen LogP contribution in [0.1, 0.15) is 59.3 Å². The number of nitrogens with one attached hydrogen (secondary N) is 1. The molecule has 1 N–H and O–H groups in total. The molecular weight excluding hydrogens is 420 g/mol. The second-order valence-electron chi connectivity index (χ2n) is 8.60. The molecule has 0 aliphatic heterocycles. The van der Waals surface area contributed by atoms with Crippen LogP contribution in [-0.2, 0) is 16.0 Å². The van der Waals surface area contributed by atoms with Gasteiger partial charge in [-0.2, -0.15) is 5.26 Å². The van der Waals surface area contributed by atoms with Gasteiger partial charge in [-0.1, -0.05) is 58.9 Å². The van der Waals surface area contributed by atoms with Crippen LogP contribution >= 0.6 is 0 Å². The molecule has 8 nitrogen and oxygen atoms in total. The molecule has 176 valence electrons. The molecule has 1 amide bonds. The van der Waals surface area contributed by atoms with Gasteiger partial charge < -0.3 is 14.5 Å². The Balaban J connectivity index is 2.15. The number of ether oxygens (including phenoxy) is 1. The number of Topliss-reactive ketones (excluding diaryl/α,β-unsaturated/α-hetero) is 1. The molecule has 2 rings (SSSR count). The Morgan fingerprint density at radius 2 is 1.94 bits per heavy atom. The highest BCUT2D eigenvalue weighted by atomic mass is 16.6. The zero-order valence-corrected chi connectivity index (χ0v) is 19.8. The van der Waals surface area contributed by atoms with Crippen LogP contribution in [-0.4, -0.2) is 34.2 Å². The number of unbranched alkanes of at least 4 members (excludes halogenated alkanes) is 1. The third-order valence-electron chi connectivity index (χ3n) is 5.81. The molecule has 0 bridgehead atoms. The number of rotatable bonds is 12. The molecule has 2 atom stereocenters. The molecule has 1 heterocycles. The number of nitrogens with zero attached hydrogens (tertiary/aromatic N) is 3. The second kappa shape index (κ2) is 12.0. The molecule has 0 fully saturated rings. The van der Waals surface area contributed by atoms with Gasteiger partial charge in [-0.25, -0.2) is 4.79 Å². The fourth-order valence-corrected chi connectivity index (χ4v) is 3.17. The van der Waals surface area contributed by atoms with Gasteiger partial charge >= 0.3 is 6.09 Å². The van der Waals surface area contributed by atoms with E-state index < -0.39 is 18.0 Å². The van der Waals surface area contributed by atoms with Gasteiger partial charge in [0.1, 0.15) is 6.07 Å². The van der Waals surface area contributed by atoms with E-state index in [2.05, 4.69) is 22.1 Å². The van der Waals surface area contributed by atoms with E-state index in [0.717, 1.165) is 18.4 Å². The number of hydrogen-bond donors (Lipinski definition) is 1. The lowest BCUT2D eigenvalue weighted by Crippen LogP contribution is -2.48. The van der Waals surface area contributed by atoms with E-state index in [1.165, 1.54) is 0 Å². The number of carbonyl (C=O) groups excluding carboxylic acids is 2. The van der Waals surface area contributed by atoms with Crippen molar-refractivity contribution >= 4 is 11.9 Å². The van der Waals surface area contributed by atoms with Crippen molar-refractivity contribution in [3.05, 3.63) is 48.4 Å². The van der Waals surface area contributed by atoms with Crippen LogP contribution in [0.2, 0.25) is 0 Å². The zero-order chi connectivity index (χ0) is 24.4. The van der Waals surface area contributed by atoms with Crippen LogP contribution in [0, 0.1) is 16.7 Å². The second-order valence-corrected chi connectivity index (χ2v) is 8.60. The first-order valence-electron chi connectivity index (χ1n) is 11.2. The number of nitriles is 1. The van der Waals surface area contributed by atoms with Gasteiger partial charge in [-0.3, -0.25) is 4.79 Å². The van der Waals surface area contributed by atoms with Gasteiger partial charge in [-0.15, -0.1) is 10.2 Å². The average Bonchev–Trinajstić information content (AvgIpc) is 3.29. The molecular formula is C25H32N4O4. The third kappa shape index (κ3) is 7.28. The van der Waals surface area contributed by atoms with E-state index in [-0.39, 0.29) is 17.0 Å². The minimum atomic E-state index is -1.05. The number of benzene rings is 1. The molecule has 1 aromatic heterocycles. The summed E-state index contributed by atoms with van der Waals surface area (Å²) < 4.78 is 11.3. The summed E-state index contributed by atoms with van der Waals surface area (Å²) in [6, 6.07) is 10.8. The molecule has 0 aliphatic carbocycles. The van der Waals surface area contributed by atoms with Crippen molar-refractivity contribution in [1.29, 1.82) is 5.26 Å². The molecule has 0 aliphatic rings. The lowest BCUT2D eigenvalue weighted by atomic mass is 9.80. The summed E-state index contributed by atoms with van der Waals surface area (Å²) in [5.74, 6) is 0.218. The van der Waals surface area contributed by atoms with E-state index >= 15 is 0 Å². The molecule has 2 aromatic rings. The van der Waals surface area contributed by atoms with Crippen molar-refractivity contribution in [3.63, 3.8) is 0 Å². The predicted molar refractivity (Wildman–Crippen MR) is 124 cm³/mol. The number of amides is 1. The van der Waals surface area contributed by atoms with Gasteiger partial charge in [0.2, 0.25) is 17.6 Å². The van der Waals surface area contributed by atoms with Gasteiger partial charge in [0.05, 0.1) is 5.57 Å². The van der Waals surface area contributed by atoms with Gasteiger partial charge in [0, 0.05) is 18.0 Å². The molecule has 0 saturated heterocycles. The van der Waals surface area contributed by atoms with E-state index in [0.29, 0.717) is 31.0 Å². The maximum Gasteiger partial charge on any atom is 0.408 e.